The molecule has 96 valence electrons. The first kappa shape index (κ1) is 12.4. The number of para-hydroxylation sites is 1. The van der Waals surface area contributed by atoms with Crippen molar-refractivity contribution in [3.05, 3.63) is 29.8 Å². The predicted octanol–water partition coefficient (Wildman–Crippen LogP) is 0.640. The van der Waals surface area contributed by atoms with Gasteiger partial charge in [-0.1, -0.05) is 18.2 Å². The zero-order chi connectivity index (χ0) is 13.0. The topological polar surface area (TPSA) is 69.6 Å². The Morgan fingerprint density at radius 1 is 1.33 bits per heavy atom. The number of amides is 1. The largest absolute Gasteiger partial charge is 0.480 e. The quantitative estimate of drug-likeness (QED) is 0.820. The molecule has 0 aromatic heterocycles. The Morgan fingerprint density at radius 3 is 2.89 bits per heavy atom. The molecule has 0 bridgehead atoms. The number of aryl methyl sites for hydroxylation is 1. The van der Waals surface area contributed by atoms with Crippen molar-refractivity contribution in [2.45, 2.75) is 12.8 Å². The highest BCUT2D eigenvalue weighted by atomic mass is 16.4. The molecule has 0 saturated carbocycles. The zero-order valence-electron chi connectivity index (χ0n) is 10.1. The van der Waals surface area contributed by atoms with Crippen LogP contribution in [0.1, 0.15) is 12.0 Å². The summed E-state index contributed by atoms with van der Waals surface area (Å²) in [6, 6.07) is 8.01. The van der Waals surface area contributed by atoms with Crippen LogP contribution in [0.3, 0.4) is 0 Å². The van der Waals surface area contributed by atoms with Crippen LogP contribution in [0.5, 0.6) is 0 Å². The lowest BCUT2D eigenvalue weighted by atomic mass is 10.0. The van der Waals surface area contributed by atoms with Gasteiger partial charge in [0.05, 0.1) is 6.54 Å². The number of anilines is 1. The summed E-state index contributed by atoms with van der Waals surface area (Å²) < 4.78 is 0. The third kappa shape index (κ3) is 3.00. The lowest BCUT2D eigenvalue weighted by Crippen LogP contribution is -2.41. The Hall–Kier alpha value is -2.04. The van der Waals surface area contributed by atoms with Crippen molar-refractivity contribution in [1.82, 2.24) is 5.32 Å². The van der Waals surface area contributed by atoms with E-state index in [1.165, 1.54) is 5.56 Å². The van der Waals surface area contributed by atoms with Gasteiger partial charge in [0, 0.05) is 12.2 Å². The van der Waals surface area contributed by atoms with E-state index in [0.717, 1.165) is 25.1 Å². The Kier molecular flexibility index (Phi) is 3.82. The molecule has 0 fully saturated rings. The van der Waals surface area contributed by atoms with Crippen LogP contribution in [0.2, 0.25) is 0 Å². The Bertz CT molecular complexity index is 459. The van der Waals surface area contributed by atoms with Crippen molar-refractivity contribution >= 4 is 17.6 Å². The fourth-order valence-corrected chi connectivity index (χ4v) is 2.18. The maximum atomic E-state index is 11.6. The first-order chi connectivity index (χ1) is 8.66. The molecule has 2 N–H and O–H groups in total. The van der Waals surface area contributed by atoms with E-state index < -0.39 is 5.97 Å². The standard InChI is InChI=1S/C13H16N2O3/c16-12(14-8-13(17)18)9-15-7-3-5-10-4-1-2-6-11(10)15/h1-2,4,6H,3,5,7-9H2,(H,14,16)(H,17,18). The molecule has 1 heterocycles. The van der Waals surface area contributed by atoms with E-state index in [0.29, 0.717) is 0 Å². The van der Waals surface area contributed by atoms with E-state index in [9.17, 15) is 9.59 Å². The first-order valence-electron chi connectivity index (χ1n) is 5.98. The molecule has 1 amide bonds. The second-order valence-electron chi connectivity index (χ2n) is 4.32. The highest BCUT2D eigenvalue weighted by Crippen LogP contribution is 2.25. The van der Waals surface area contributed by atoms with Crippen LogP contribution in [0.25, 0.3) is 0 Å². The Balaban J connectivity index is 1.98. The average molecular weight is 248 g/mol. The fourth-order valence-electron chi connectivity index (χ4n) is 2.18. The van der Waals surface area contributed by atoms with Gasteiger partial charge in [-0.05, 0) is 24.5 Å². The minimum Gasteiger partial charge on any atom is -0.480 e. The molecule has 1 aromatic carbocycles. The van der Waals surface area contributed by atoms with Crippen molar-refractivity contribution < 1.29 is 14.7 Å². The molecule has 1 aliphatic rings. The summed E-state index contributed by atoms with van der Waals surface area (Å²) in [4.78, 5) is 24.0. The smallest absolute Gasteiger partial charge is 0.322 e. The second kappa shape index (κ2) is 5.53. The summed E-state index contributed by atoms with van der Waals surface area (Å²) in [5, 5.41) is 10.9. The molecule has 0 saturated heterocycles. The number of carboxylic acid groups (broad SMARTS) is 1. The van der Waals surface area contributed by atoms with Crippen molar-refractivity contribution in [2.75, 3.05) is 24.5 Å². The van der Waals surface area contributed by atoms with Crippen LogP contribution < -0.4 is 10.2 Å². The number of carbonyl (C=O) groups is 2. The molecule has 2 rings (SSSR count). The normalized spacial score (nSPS) is 13.9. The molecule has 0 aliphatic carbocycles. The maximum absolute atomic E-state index is 11.6. The average Bonchev–Trinajstić information content (AvgIpc) is 2.37. The van der Waals surface area contributed by atoms with Crippen LogP contribution in [0, 0.1) is 0 Å². The molecule has 5 nitrogen and oxygen atoms in total. The monoisotopic (exact) mass is 248 g/mol. The van der Waals surface area contributed by atoms with Gasteiger partial charge in [-0.3, -0.25) is 9.59 Å². The number of aliphatic carboxylic acids is 1. The number of hydrogen-bond acceptors (Lipinski definition) is 3. The van der Waals surface area contributed by atoms with Gasteiger partial charge < -0.3 is 15.3 Å². The van der Waals surface area contributed by atoms with E-state index >= 15 is 0 Å². The lowest BCUT2D eigenvalue weighted by Gasteiger charge is -2.30. The van der Waals surface area contributed by atoms with Crippen molar-refractivity contribution in [2.24, 2.45) is 0 Å². The fraction of sp³-hybridized carbons (Fsp3) is 0.385. The number of nitrogens with one attached hydrogen (secondary N) is 1. The minimum absolute atomic E-state index is 0.213. The number of fused-ring (bicyclic) bond motifs is 1. The number of rotatable bonds is 4. The zero-order valence-corrected chi connectivity index (χ0v) is 10.1. The number of carboxylic acids is 1. The SMILES string of the molecule is O=C(O)CNC(=O)CN1CCCc2ccccc21. The van der Waals surface area contributed by atoms with Gasteiger partial charge in [-0.2, -0.15) is 0 Å². The van der Waals surface area contributed by atoms with Crippen molar-refractivity contribution in [1.29, 1.82) is 0 Å². The first-order valence-corrected chi connectivity index (χ1v) is 5.98. The van der Waals surface area contributed by atoms with E-state index in [-0.39, 0.29) is 19.0 Å². The van der Waals surface area contributed by atoms with Gasteiger partial charge in [-0.25, -0.2) is 0 Å². The molecule has 5 heteroatoms. The number of carbonyl (C=O) groups excluding carboxylic acids is 1. The highest BCUT2D eigenvalue weighted by molar-refractivity contribution is 5.85. The Labute approximate surface area is 105 Å². The predicted molar refractivity (Wildman–Crippen MR) is 67.6 cm³/mol. The van der Waals surface area contributed by atoms with Gasteiger partial charge in [0.15, 0.2) is 0 Å². The molecule has 1 aliphatic heterocycles. The number of benzene rings is 1. The van der Waals surface area contributed by atoms with Gasteiger partial charge in [0.2, 0.25) is 5.91 Å². The summed E-state index contributed by atoms with van der Waals surface area (Å²) in [5.74, 6) is -1.28. The van der Waals surface area contributed by atoms with Crippen LogP contribution >= 0.6 is 0 Å². The summed E-state index contributed by atoms with van der Waals surface area (Å²) in [6.45, 7) is 0.718. The van der Waals surface area contributed by atoms with E-state index in [1.807, 2.05) is 23.1 Å². The number of hydrogen-bond donors (Lipinski definition) is 2. The molecule has 18 heavy (non-hydrogen) atoms. The van der Waals surface area contributed by atoms with E-state index in [4.69, 9.17) is 5.11 Å². The van der Waals surface area contributed by atoms with Gasteiger partial charge in [0.25, 0.3) is 0 Å². The second-order valence-corrected chi connectivity index (χ2v) is 4.32. The van der Waals surface area contributed by atoms with E-state index in [1.54, 1.807) is 0 Å². The molecule has 1 aromatic rings. The van der Waals surface area contributed by atoms with E-state index in [2.05, 4.69) is 11.4 Å². The van der Waals surface area contributed by atoms with Crippen LogP contribution in [-0.4, -0.2) is 36.6 Å². The molecule has 0 unspecified atom stereocenters. The van der Waals surface area contributed by atoms with Crippen molar-refractivity contribution in [3.8, 4) is 0 Å². The summed E-state index contributed by atoms with van der Waals surface area (Å²) >= 11 is 0. The highest BCUT2D eigenvalue weighted by Gasteiger charge is 2.18. The summed E-state index contributed by atoms with van der Waals surface area (Å²) in [6.07, 6.45) is 2.05. The van der Waals surface area contributed by atoms with Gasteiger partial charge in [-0.15, -0.1) is 0 Å². The van der Waals surface area contributed by atoms with Crippen LogP contribution in [0.4, 0.5) is 5.69 Å². The maximum Gasteiger partial charge on any atom is 0.322 e. The van der Waals surface area contributed by atoms with Gasteiger partial charge in [0.1, 0.15) is 6.54 Å². The van der Waals surface area contributed by atoms with Crippen LogP contribution in [0.15, 0.2) is 24.3 Å². The molecular weight excluding hydrogens is 232 g/mol. The third-order valence-electron chi connectivity index (χ3n) is 2.98. The molecule has 0 radical (unpaired) electrons. The summed E-state index contributed by atoms with van der Waals surface area (Å²) in [7, 11) is 0. The molecule has 0 spiro atoms. The molecular formula is C13H16N2O3. The Morgan fingerprint density at radius 2 is 2.11 bits per heavy atom. The molecule has 0 atom stereocenters. The third-order valence-corrected chi connectivity index (χ3v) is 2.98. The van der Waals surface area contributed by atoms with Gasteiger partial charge >= 0.3 is 5.97 Å². The van der Waals surface area contributed by atoms with Crippen molar-refractivity contribution in [3.63, 3.8) is 0 Å². The van der Waals surface area contributed by atoms with Crippen LogP contribution in [-0.2, 0) is 16.0 Å². The minimum atomic E-state index is -1.03. The lowest BCUT2D eigenvalue weighted by molar-refractivity contribution is -0.137. The number of nitrogens with zero attached hydrogens (tertiary/aromatic N) is 1. The summed E-state index contributed by atoms with van der Waals surface area (Å²) in [5.41, 5.74) is 2.32.